The summed E-state index contributed by atoms with van der Waals surface area (Å²) in [4.78, 5) is 25.2. The van der Waals surface area contributed by atoms with Crippen molar-refractivity contribution in [1.82, 2.24) is 4.90 Å². The number of hydrogen-bond acceptors (Lipinski definition) is 3. The van der Waals surface area contributed by atoms with Crippen molar-refractivity contribution in [3.05, 3.63) is 0 Å². The fourth-order valence-corrected chi connectivity index (χ4v) is 3.54. The van der Waals surface area contributed by atoms with Crippen LogP contribution >= 0.6 is 12.6 Å². The molecule has 1 saturated heterocycles. The van der Waals surface area contributed by atoms with E-state index in [1.807, 2.05) is 0 Å². The highest BCUT2D eigenvalue weighted by atomic mass is 32.1. The summed E-state index contributed by atoms with van der Waals surface area (Å²) in [6.45, 7) is 4.82. The van der Waals surface area contributed by atoms with Gasteiger partial charge in [-0.3, -0.25) is 4.79 Å². The number of rotatable bonds is 2. The van der Waals surface area contributed by atoms with Gasteiger partial charge in [-0.05, 0) is 31.1 Å². The average Bonchev–Trinajstić information content (AvgIpc) is 2.85. The molecule has 0 aromatic heterocycles. The third kappa shape index (κ3) is 2.25. The van der Waals surface area contributed by atoms with Crippen LogP contribution in [-0.2, 0) is 9.59 Å². The number of carboxylic acids is 1. The number of carbonyl (C=O) groups excluding carboxylic acids is 1. The third-order valence-corrected chi connectivity index (χ3v) is 5.48. The Kier molecular flexibility index (Phi) is 3.63. The summed E-state index contributed by atoms with van der Waals surface area (Å²) < 4.78 is 0. The second-order valence-electron chi connectivity index (χ2n) is 6.11. The molecular formula is C13H21NO3S. The van der Waals surface area contributed by atoms with Crippen LogP contribution in [0, 0.1) is 11.3 Å². The van der Waals surface area contributed by atoms with Crippen LogP contribution in [0.5, 0.6) is 0 Å². The largest absolute Gasteiger partial charge is 0.480 e. The van der Waals surface area contributed by atoms with Gasteiger partial charge in [0.25, 0.3) is 0 Å². The van der Waals surface area contributed by atoms with Gasteiger partial charge in [0.05, 0.1) is 5.92 Å². The van der Waals surface area contributed by atoms with Crippen molar-refractivity contribution in [1.29, 1.82) is 0 Å². The van der Waals surface area contributed by atoms with E-state index >= 15 is 0 Å². The van der Waals surface area contributed by atoms with Crippen LogP contribution in [-0.4, -0.2) is 39.7 Å². The molecule has 0 aromatic carbocycles. The molecular weight excluding hydrogens is 250 g/mol. The molecule has 1 amide bonds. The monoisotopic (exact) mass is 271 g/mol. The summed E-state index contributed by atoms with van der Waals surface area (Å²) in [6, 6.07) is -0.623. The van der Waals surface area contributed by atoms with Gasteiger partial charge in [-0.25, -0.2) is 4.79 Å². The minimum atomic E-state index is -0.881. The van der Waals surface area contributed by atoms with Crippen molar-refractivity contribution >= 4 is 24.5 Å². The quantitative estimate of drug-likeness (QED) is 0.753. The van der Waals surface area contributed by atoms with Crippen LogP contribution in [0.3, 0.4) is 0 Å². The van der Waals surface area contributed by atoms with E-state index in [9.17, 15) is 9.59 Å². The molecule has 3 atom stereocenters. The molecule has 1 N–H and O–H groups in total. The molecule has 1 heterocycles. The van der Waals surface area contributed by atoms with Gasteiger partial charge in [-0.1, -0.05) is 13.8 Å². The first-order chi connectivity index (χ1) is 8.34. The van der Waals surface area contributed by atoms with Gasteiger partial charge < -0.3 is 10.0 Å². The maximum atomic E-state index is 12.5. The molecule has 0 bridgehead atoms. The smallest absolute Gasteiger partial charge is 0.326 e. The lowest BCUT2D eigenvalue weighted by Gasteiger charge is -2.29. The van der Waals surface area contributed by atoms with Gasteiger partial charge in [0, 0.05) is 11.8 Å². The van der Waals surface area contributed by atoms with Crippen LogP contribution in [0.15, 0.2) is 0 Å². The Morgan fingerprint density at radius 3 is 2.50 bits per heavy atom. The third-order valence-electron chi connectivity index (χ3n) is 4.42. The van der Waals surface area contributed by atoms with Crippen LogP contribution in [0.4, 0.5) is 0 Å². The highest BCUT2D eigenvalue weighted by molar-refractivity contribution is 7.81. The number of carboxylic acid groups (broad SMARTS) is 1. The Bertz CT molecular complexity index is 369. The van der Waals surface area contributed by atoms with Gasteiger partial charge in [-0.15, -0.1) is 0 Å². The molecule has 0 unspecified atom stereocenters. The minimum Gasteiger partial charge on any atom is -0.480 e. The van der Waals surface area contributed by atoms with Crippen molar-refractivity contribution in [2.75, 3.05) is 6.54 Å². The highest BCUT2D eigenvalue weighted by Gasteiger charge is 2.46. The summed E-state index contributed by atoms with van der Waals surface area (Å²) in [7, 11) is 0. The van der Waals surface area contributed by atoms with Crippen LogP contribution in [0.1, 0.15) is 39.5 Å². The summed E-state index contributed by atoms with van der Waals surface area (Å²) >= 11 is 4.59. The molecule has 0 aromatic rings. The fourth-order valence-electron chi connectivity index (χ4n) is 3.14. The van der Waals surface area contributed by atoms with E-state index in [1.165, 1.54) is 0 Å². The fraction of sp³-hybridized carbons (Fsp3) is 0.846. The zero-order chi connectivity index (χ0) is 13.5. The lowest BCUT2D eigenvalue weighted by molar-refractivity contribution is -0.149. The lowest BCUT2D eigenvalue weighted by atomic mass is 9.89. The van der Waals surface area contributed by atoms with E-state index in [2.05, 4.69) is 26.5 Å². The maximum absolute atomic E-state index is 12.5. The van der Waals surface area contributed by atoms with Gasteiger partial charge in [0.15, 0.2) is 0 Å². The molecule has 2 fully saturated rings. The van der Waals surface area contributed by atoms with Crippen molar-refractivity contribution < 1.29 is 14.7 Å². The van der Waals surface area contributed by atoms with Crippen LogP contribution in [0.25, 0.3) is 0 Å². The van der Waals surface area contributed by atoms with Crippen molar-refractivity contribution in [2.24, 2.45) is 11.3 Å². The van der Waals surface area contributed by atoms with E-state index in [0.717, 1.165) is 19.3 Å². The van der Waals surface area contributed by atoms with Gasteiger partial charge in [-0.2, -0.15) is 12.6 Å². The molecule has 5 heteroatoms. The van der Waals surface area contributed by atoms with Gasteiger partial charge >= 0.3 is 5.97 Å². The summed E-state index contributed by atoms with van der Waals surface area (Å²) in [5.41, 5.74) is 0.0574. The first kappa shape index (κ1) is 13.7. The van der Waals surface area contributed by atoms with E-state index in [4.69, 9.17) is 5.11 Å². The number of nitrogens with zero attached hydrogens (tertiary/aromatic N) is 1. The lowest BCUT2D eigenvalue weighted by Crippen LogP contribution is -2.45. The molecule has 1 saturated carbocycles. The second kappa shape index (κ2) is 4.76. The normalized spacial score (nSPS) is 34.8. The number of aliphatic carboxylic acids is 1. The van der Waals surface area contributed by atoms with Gasteiger partial charge in [0.2, 0.25) is 5.91 Å². The second-order valence-corrected chi connectivity index (χ2v) is 6.66. The first-order valence-electron chi connectivity index (χ1n) is 6.56. The number of amides is 1. The van der Waals surface area contributed by atoms with Crippen molar-refractivity contribution in [3.63, 3.8) is 0 Å². The summed E-state index contributed by atoms with van der Waals surface area (Å²) in [5, 5.41) is 9.16. The van der Waals surface area contributed by atoms with Crippen molar-refractivity contribution in [2.45, 2.75) is 50.8 Å². The number of likely N-dealkylation sites (tertiary alicyclic amines) is 1. The first-order valence-corrected chi connectivity index (χ1v) is 7.07. The Balaban J connectivity index is 2.10. The van der Waals surface area contributed by atoms with Gasteiger partial charge in [0.1, 0.15) is 6.04 Å². The Morgan fingerprint density at radius 2 is 2.00 bits per heavy atom. The molecule has 0 radical (unpaired) electrons. The number of carbonyl (C=O) groups is 2. The molecule has 102 valence electrons. The Hall–Kier alpha value is -0.710. The standard InChI is InChI=1S/C13H21NO3S/c1-13(2)6-5-8(10(13)18)11(15)14-7-3-4-9(14)12(16)17/h8-10,18H,3-7H2,1-2H3,(H,16,17)/t8-,9+,10+/m1/s1. The topological polar surface area (TPSA) is 57.6 Å². The summed E-state index contributed by atoms with van der Waals surface area (Å²) in [6.07, 6.45) is 3.16. The number of thiol groups is 1. The highest BCUT2D eigenvalue weighted by Crippen LogP contribution is 2.45. The predicted molar refractivity (Wildman–Crippen MR) is 71.6 cm³/mol. The molecule has 0 spiro atoms. The molecule has 4 nitrogen and oxygen atoms in total. The van der Waals surface area contributed by atoms with Crippen LogP contribution in [0.2, 0.25) is 0 Å². The van der Waals surface area contributed by atoms with E-state index < -0.39 is 12.0 Å². The summed E-state index contributed by atoms with van der Waals surface area (Å²) in [5.74, 6) is -1.01. The molecule has 1 aliphatic heterocycles. The SMILES string of the molecule is CC1(C)CC[C@@H](C(=O)N2CCC[C@H]2C(=O)O)[C@@H]1S. The average molecular weight is 271 g/mol. The van der Waals surface area contributed by atoms with Crippen molar-refractivity contribution in [3.8, 4) is 0 Å². The minimum absolute atomic E-state index is 0.00882. The Morgan fingerprint density at radius 1 is 1.33 bits per heavy atom. The van der Waals surface area contributed by atoms with E-state index in [1.54, 1.807) is 4.90 Å². The number of hydrogen-bond donors (Lipinski definition) is 2. The maximum Gasteiger partial charge on any atom is 0.326 e. The zero-order valence-electron chi connectivity index (χ0n) is 10.9. The molecule has 2 rings (SSSR count). The van der Waals surface area contributed by atoms with E-state index in [-0.39, 0.29) is 22.5 Å². The zero-order valence-corrected chi connectivity index (χ0v) is 11.8. The molecule has 18 heavy (non-hydrogen) atoms. The predicted octanol–water partition coefficient (Wildman–Crippen LogP) is 1.80. The van der Waals surface area contributed by atoms with E-state index in [0.29, 0.717) is 13.0 Å². The Labute approximate surface area is 113 Å². The van der Waals surface area contributed by atoms with Crippen LogP contribution < -0.4 is 0 Å². The molecule has 2 aliphatic rings. The molecule has 1 aliphatic carbocycles.